The van der Waals surface area contributed by atoms with E-state index in [2.05, 4.69) is 9.62 Å². The molecule has 1 aliphatic heterocycles. The number of nitrogen functional groups attached to an aromatic ring is 1. The molecule has 5 nitrogen and oxygen atoms in total. The number of anilines is 1. The van der Waals surface area contributed by atoms with Gasteiger partial charge in [-0.05, 0) is 45.0 Å². The highest BCUT2D eigenvalue weighted by Gasteiger charge is 2.25. The smallest absolute Gasteiger partial charge is 0.241 e. The minimum Gasteiger partial charge on any atom is -0.398 e. The molecule has 7 heteroatoms. The Morgan fingerprint density at radius 1 is 1.48 bits per heavy atom. The number of nitrogens with zero attached hydrogens (tertiary/aromatic N) is 1. The first-order valence-electron chi connectivity index (χ1n) is 7.13. The molecule has 0 spiro atoms. The number of hydrogen-bond donors (Lipinski definition) is 2. The van der Waals surface area contributed by atoms with E-state index < -0.39 is 15.8 Å². The van der Waals surface area contributed by atoms with Crippen molar-refractivity contribution in [2.45, 2.75) is 37.6 Å². The number of likely N-dealkylation sites (tertiary alicyclic amines) is 1. The van der Waals surface area contributed by atoms with Crippen molar-refractivity contribution in [1.29, 1.82) is 0 Å². The highest BCUT2D eigenvalue weighted by Crippen LogP contribution is 2.22. The molecule has 0 amide bonds. The summed E-state index contributed by atoms with van der Waals surface area (Å²) in [6, 6.07) is 2.18. The van der Waals surface area contributed by atoms with Crippen LogP contribution in [0.4, 0.5) is 10.1 Å². The molecular weight excluding hydrogens is 293 g/mol. The minimum atomic E-state index is -3.75. The lowest BCUT2D eigenvalue weighted by atomic mass is 10.1. The third kappa shape index (κ3) is 3.72. The molecule has 1 aromatic rings. The van der Waals surface area contributed by atoms with Gasteiger partial charge in [0.15, 0.2) is 0 Å². The van der Waals surface area contributed by atoms with Gasteiger partial charge in [0.2, 0.25) is 10.0 Å². The van der Waals surface area contributed by atoms with Crippen molar-refractivity contribution in [2.75, 3.05) is 25.4 Å². The van der Waals surface area contributed by atoms with Gasteiger partial charge in [-0.1, -0.05) is 6.92 Å². The van der Waals surface area contributed by atoms with Crippen LogP contribution >= 0.6 is 0 Å². The van der Waals surface area contributed by atoms with E-state index in [0.717, 1.165) is 32.0 Å². The predicted molar refractivity (Wildman–Crippen MR) is 81.0 cm³/mol. The van der Waals surface area contributed by atoms with Crippen molar-refractivity contribution in [3.63, 3.8) is 0 Å². The quantitative estimate of drug-likeness (QED) is 0.825. The van der Waals surface area contributed by atoms with Crippen molar-refractivity contribution >= 4 is 15.7 Å². The number of hydrogen-bond acceptors (Lipinski definition) is 4. The molecule has 1 heterocycles. The van der Waals surface area contributed by atoms with Gasteiger partial charge in [0.25, 0.3) is 0 Å². The van der Waals surface area contributed by atoms with E-state index in [4.69, 9.17) is 5.73 Å². The topological polar surface area (TPSA) is 75.4 Å². The van der Waals surface area contributed by atoms with Crippen LogP contribution in [0.1, 0.15) is 25.3 Å². The lowest BCUT2D eigenvalue weighted by molar-refractivity contribution is 0.211. The third-order valence-electron chi connectivity index (χ3n) is 3.94. The average Bonchev–Trinajstić information content (AvgIpc) is 2.44. The molecule has 1 fully saturated rings. The molecule has 118 valence electrons. The molecule has 1 aliphatic rings. The minimum absolute atomic E-state index is 0.114. The van der Waals surface area contributed by atoms with Gasteiger partial charge < -0.3 is 10.6 Å². The van der Waals surface area contributed by atoms with Crippen LogP contribution in [0.2, 0.25) is 0 Å². The molecule has 2 rings (SSSR count). The first-order valence-corrected chi connectivity index (χ1v) is 8.62. The fourth-order valence-electron chi connectivity index (χ4n) is 2.56. The van der Waals surface area contributed by atoms with Crippen molar-refractivity contribution in [2.24, 2.45) is 0 Å². The van der Waals surface area contributed by atoms with Crippen LogP contribution in [0, 0.1) is 12.7 Å². The summed E-state index contributed by atoms with van der Waals surface area (Å²) < 4.78 is 41.1. The Labute approximate surface area is 125 Å². The zero-order valence-electron chi connectivity index (χ0n) is 12.4. The lowest BCUT2D eigenvalue weighted by Gasteiger charge is -2.32. The summed E-state index contributed by atoms with van der Waals surface area (Å²) in [5, 5.41) is 0. The number of piperidine rings is 1. The second-order valence-corrected chi connectivity index (χ2v) is 7.19. The maximum atomic E-state index is 13.7. The van der Waals surface area contributed by atoms with Crippen LogP contribution in [0.25, 0.3) is 0 Å². The molecule has 1 atom stereocenters. The summed E-state index contributed by atoms with van der Waals surface area (Å²) in [6.45, 7) is 6.13. The molecular formula is C14H22FN3O2S. The van der Waals surface area contributed by atoms with Crippen molar-refractivity contribution in [3.8, 4) is 0 Å². The molecule has 1 unspecified atom stereocenters. The third-order valence-corrected chi connectivity index (χ3v) is 5.44. The zero-order valence-corrected chi connectivity index (χ0v) is 13.2. The van der Waals surface area contributed by atoms with Crippen molar-refractivity contribution < 1.29 is 12.8 Å². The number of sulfonamides is 1. The lowest BCUT2D eigenvalue weighted by Crippen LogP contribution is -2.47. The number of nitrogens with two attached hydrogens (primary N) is 1. The number of halogens is 1. The Kier molecular flexibility index (Phi) is 4.85. The second kappa shape index (κ2) is 6.29. The van der Waals surface area contributed by atoms with E-state index in [1.807, 2.05) is 6.92 Å². The maximum absolute atomic E-state index is 13.7. The Bertz CT molecular complexity index is 596. The fourth-order valence-corrected chi connectivity index (χ4v) is 3.86. The molecule has 0 aliphatic carbocycles. The van der Waals surface area contributed by atoms with Gasteiger partial charge >= 0.3 is 0 Å². The van der Waals surface area contributed by atoms with Crippen LogP contribution in [0.15, 0.2) is 17.0 Å². The highest BCUT2D eigenvalue weighted by atomic mass is 32.2. The predicted octanol–water partition coefficient (Wildman–Crippen LogP) is 1.48. The molecule has 0 bridgehead atoms. The van der Waals surface area contributed by atoms with E-state index in [9.17, 15) is 12.8 Å². The van der Waals surface area contributed by atoms with E-state index in [-0.39, 0.29) is 22.2 Å². The number of nitrogens with one attached hydrogen (secondary N) is 1. The first kappa shape index (κ1) is 16.2. The molecule has 0 saturated carbocycles. The largest absolute Gasteiger partial charge is 0.398 e. The Morgan fingerprint density at radius 3 is 2.81 bits per heavy atom. The summed E-state index contributed by atoms with van der Waals surface area (Å²) >= 11 is 0. The van der Waals surface area contributed by atoms with E-state index in [1.165, 1.54) is 13.0 Å². The normalized spacial score (nSPS) is 20.6. The number of benzene rings is 1. The Balaban J connectivity index is 2.18. The summed E-state index contributed by atoms with van der Waals surface area (Å²) in [4.78, 5) is 2.08. The standard InChI is InChI=1S/C14H22FN3O2S/c1-3-18-6-4-5-11(9-18)17-21(19,20)12-7-13(15)10(2)14(16)8-12/h7-8,11,17H,3-6,9,16H2,1-2H3. The van der Waals surface area contributed by atoms with Crippen LogP contribution in [-0.4, -0.2) is 39.0 Å². The monoisotopic (exact) mass is 315 g/mol. The van der Waals surface area contributed by atoms with Crippen molar-refractivity contribution in [3.05, 3.63) is 23.5 Å². The van der Waals surface area contributed by atoms with Gasteiger partial charge in [-0.25, -0.2) is 17.5 Å². The van der Waals surface area contributed by atoms with E-state index in [1.54, 1.807) is 0 Å². The molecule has 0 aromatic heterocycles. The second-order valence-electron chi connectivity index (χ2n) is 5.47. The zero-order chi connectivity index (χ0) is 15.6. The van der Waals surface area contributed by atoms with Crippen molar-refractivity contribution in [1.82, 2.24) is 9.62 Å². The molecule has 1 saturated heterocycles. The fraction of sp³-hybridized carbons (Fsp3) is 0.571. The Hall–Kier alpha value is -1.18. The SMILES string of the molecule is CCN1CCCC(NS(=O)(=O)c2cc(N)c(C)c(F)c2)C1. The van der Waals surface area contributed by atoms with Crippen LogP contribution in [0.3, 0.4) is 0 Å². The molecule has 3 N–H and O–H groups in total. The summed E-state index contributed by atoms with van der Waals surface area (Å²) in [7, 11) is -3.75. The van der Waals surface area contributed by atoms with Crippen LogP contribution in [-0.2, 0) is 10.0 Å². The number of likely N-dealkylation sites (N-methyl/N-ethyl adjacent to an activating group) is 1. The first-order chi connectivity index (χ1) is 9.83. The molecule has 21 heavy (non-hydrogen) atoms. The summed E-state index contributed by atoms with van der Waals surface area (Å²) in [6.07, 6.45) is 1.74. The average molecular weight is 315 g/mol. The van der Waals surface area contributed by atoms with Gasteiger partial charge in [0.1, 0.15) is 5.82 Å². The summed E-state index contributed by atoms with van der Waals surface area (Å²) in [5.74, 6) is -0.603. The van der Waals surface area contributed by atoms with E-state index >= 15 is 0 Å². The van der Waals surface area contributed by atoms with Gasteiger partial charge in [-0.15, -0.1) is 0 Å². The van der Waals surface area contributed by atoms with Crippen LogP contribution in [0.5, 0.6) is 0 Å². The number of rotatable bonds is 4. The Morgan fingerprint density at radius 2 is 2.19 bits per heavy atom. The van der Waals surface area contributed by atoms with Gasteiger partial charge in [0.05, 0.1) is 4.90 Å². The maximum Gasteiger partial charge on any atom is 0.241 e. The van der Waals surface area contributed by atoms with Gasteiger partial charge in [-0.3, -0.25) is 0 Å². The van der Waals surface area contributed by atoms with E-state index in [0.29, 0.717) is 6.54 Å². The van der Waals surface area contributed by atoms with Crippen LogP contribution < -0.4 is 10.5 Å². The molecule has 1 aromatic carbocycles. The van der Waals surface area contributed by atoms with Gasteiger partial charge in [-0.2, -0.15) is 0 Å². The van der Waals surface area contributed by atoms with Gasteiger partial charge in [0, 0.05) is 23.8 Å². The highest BCUT2D eigenvalue weighted by molar-refractivity contribution is 7.89. The summed E-state index contributed by atoms with van der Waals surface area (Å²) in [5.41, 5.74) is 6.07. The molecule has 0 radical (unpaired) electrons.